The summed E-state index contributed by atoms with van der Waals surface area (Å²) in [6.45, 7) is 0.962. The summed E-state index contributed by atoms with van der Waals surface area (Å²) < 4.78 is 15.8. The summed E-state index contributed by atoms with van der Waals surface area (Å²) in [6.07, 6.45) is 3.61. The van der Waals surface area contributed by atoms with Crippen LogP contribution in [0.15, 0.2) is 18.2 Å². The Kier molecular flexibility index (Phi) is 9.03. The Labute approximate surface area is 156 Å². The van der Waals surface area contributed by atoms with E-state index < -0.39 is 0 Å². The number of benzene rings is 1. The maximum absolute atomic E-state index is 12.8. The van der Waals surface area contributed by atoms with Crippen molar-refractivity contribution >= 4 is 24.0 Å². The van der Waals surface area contributed by atoms with Gasteiger partial charge >= 0.3 is 0 Å². The number of carbonyl (C=O) groups excluding carboxylic acids is 1. The van der Waals surface area contributed by atoms with E-state index in [1.807, 2.05) is 18.2 Å². The Morgan fingerprint density at radius 2 is 1.92 bits per heavy atom. The molecule has 1 saturated carbocycles. The molecule has 2 atom stereocenters. The SMILES string of the molecule is COCCN(C(=O)C[C@@H]1CCC[C@H]1N)c1ccc(OC)c(OC)c1.Cl. The van der Waals surface area contributed by atoms with E-state index in [0.29, 0.717) is 31.1 Å². The van der Waals surface area contributed by atoms with Gasteiger partial charge in [-0.15, -0.1) is 12.4 Å². The topological polar surface area (TPSA) is 74.0 Å². The molecule has 142 valence electrons. The minimum absolute atomic E-state index is 0. The van der Waals surface area contributed by atoms with Crippen LogP contribution in [0.5, 0.6) is 11.5 Å². The van der Waals surface area contributed by atoms with Crippen molar-refractivity contribution in [3.63, 3.8) is 0 Å². The number of hydrogen-bond acceptors (Lipinski definition) is 5. The first kappa shape index (κ1) is 21.5. The zero-order valence-electron chi connectivity index (χ0n) is 15.2. The summed E-state index contributed by atoms with van der Waals surface area (Å²) in [7, 11) is 4.80. The molecule has 0 radical (unpaired) electrons. The lowest BCUT2D eigenvalue weighted by Gasteiger charge is -2.26. The van der Waals surface area contributed by atoms with Gasteiger partial charge in [-0.1, -0.05) is 6.42 Å². The molecule has 1 aliphatic carbocycles. The molecule has 7 heteroatoms. The van der Waals surface area contributed by atoms with Gasteiger partial charge in [-0.25, -0.2) is 0 Å². The largest absolute Gasteiger partial charge is 0.493 e. The van der Waals surface area contributed by atoms with Gasteiger partial charge in [0.2, 0.25) is 5.91 Å². The van der Waals surface area contributed by atoms with Crippen LogP contribution >= 0.6 is 12.4 Å². The van der Waals surface area contributed by atoms with E-state index in [2.05, 4.69) is 0 Å². The average Bonchev–Trinajstić information content (AvgIpc) is 2.99. The van der Waals surface area contributed by atoms with Gasteiger partial charge in [0.25, 0.3) is 0 Å². The monoisotopic (exact) mass is 372 g/mol. The number of carbonyl (C=O) groups is 1. The van der Waals surface area contributed by atoms with Crippen LogP contribution in [0.2, 0.25) is 0 Å². The van der Waals surface area contributed by atoms with Gasteiger partial charge in [0.1, 0.15) is 0 Å². The molecule has 0 aromatic heterocycles. The van der Waals surface area contributed by atoms with E-state index >= 15 is 0 Å². The molecular weight excluding hydrogens is 344 g/mol. The summed E-state index contributed by atoms with van der Waals surface area (Å²) in [4.78, 5) is 14.6. The van der Waals surface area contributed by atoms with Gasteiger partial charge in [-0.3, -0.25) is 4.79 Å². The predicted molar refractivity (Wildman–Crippen MR) is 101 cm³/mol. The van der Waals surface area contributed by atoms with Crippen LogP contribution in [0, 0.1) is 5.92 Å². The molecule has 0 unspecified atom stereocenters. The highest BCUT2D eigenvalue weighted by atomic mass is 35.5. The minimum Gasteiger partial charge on any atom is -0.493 e. The number of hydrogen-bond donors (Lipinski definition) is 1. The first-order valence-corrected chi connectivity index (χ1v) is 8.37. The van der Waals surface area contributed by atoms with E-state index in [1.165, 1.54) is 0 Å². The van der Waals surface area contributed by atoms with Crippen LogP contribution in [-0.4, -0.2) is 46.4 Å². The molecule has 0 heterocycles. The number of halogens is 1. The van der Waals surface area contributed by atoms with Crippen molar-refractivity contribution in [1.82, 2.24) is 0 Å². The van der Waals surface area contributed by atoms with Gasteiger partial charge in [0, 0.05) is 37.9 Å². The van der Waals surface area contributed by atoms with Gasteiger partial charge in [0.05, 0.1) is 20.8 Å². The Balaban J connectivity index is 0.00000312. The molecule has 6 nitrogen and oxygen atoms in total. The summed E-state index contributed by atoms with van der Waals surface area (Å²) in [6, 6.07) is 5.62. The van der Waals surface area contributed by atoms with Crippen LogP contribution in [0.1, 0.15) is 25.7 Å². The van der Waals surface area contributed by atoms with Crippen molar-refractivity contribution in [3.8, 4) is 11.5 Å². The van der Waals surface area contributed by atoms with E-state index in [0.717, 1.165) is 24.9 Å². The third-order valence-corrected chi connectivity index (χ3v) is 4.65. The molecule has 1 aromatic rings. The second kappa shape index (κ2) is 10.5. The van der Waals surface area contributed by atoms with Crippen molar-refractivity contribution in [3.05, 3.63) is 18.2 Å². The Morgan fingerprint density at radius 3 is 2.48 bits per heavy atom. The van der Waals surface area contributed by atoms with Crippen LogP contribution in [0.3, 0.4) is 0 Å². The normalized spacial score (nSPS) is 19.2. The highest BCUT2D eigenvalue weighted by Crippen LogP contribution is 2.33. The fourth-order valence-corrected chi connectivity index (χ4v) is 3.23. The van der Waals surface area contributed by atoms with E-state index in [9.17, 15) is 4.79 Å². The predicted octanol–water partition coefficient (Wildman–Crippen LogP) is 2.62. The summed E-state index contributed by atoms with van der Waals surface area (Å²) in [5.41, 5.74) is 6.90. The third kappa shape index (κ3) is 5.49. The van der Waals surface area contributed by atoms with E-state index in [1.54, 1.807) is 26.2 Å². The van der Waals surface area contributed by atoms with E-state index in [4.69, 9.17) is 19.9 Å². The number of anilines is 1. The number of rotatable bonds is 8. The second-order valence-corrected chi connectivity index (χ2v) is 6.14. The third-order valence-electron chi connectivity index (χ3n) is 4.65. The zero-order valence-corrected chi connectivity index (χ0v) is 16.0. The average molecular weight is 373 g/mol. The maximum Gasteiger partial charge on any atom is 0.227 e. The molecule has 2 N–H and O–H groups in total. The lowest BCUT2D eigenvalue weighted by atomic mass is 9.99. The molecule has 0 saturated heterocycles. The molecule has 0 aliphatic heterocycles. The number of methoxy groups -OCH3 is 3. The second-order valence-electron chi connectivity index (χ2n) is 6.14. The van der Waals surface area contributed by atoms with Gasteiger partial charge < -0.3 is 24.8 Å². The lowest BCUT2D eigenvalue weighted by Crippen LogP contribution is -2.37. The number of amides is 1. The summed E-state index contributed by atoms with van der Waals surface area (Å²) >= 11 is 0. The molecule has 0 bridgehead atoms. The van der Waals surface area contributed by atoms with Gasteiger partial charge in [-0.2, -0.15) is 0 Å². The highest BCUT2D eigenvalue weighted by molar-refractivity contribution is 5.94. The molecule has 1 fully saturated rings. The fourth-order valence-electron chi connectivity index (χ4n) is 3.23. The Morgan fingerprint density at radius 1 is 1.20 bits per heavy atom. The van der Waals surface area contributed by atoms with Crippen LogP contribution in [0.4, 0.5) is 5.69 Å². The Bertz CT molecular complexity index is 556. The first-order chi connectivity index (χ1) is 11.6. The quantitative estimate of drug-likeness (QED) is 0.759. The van der Waals surface area contributed by atoms with Crippen molar-refractivity contribution in [1.29, 1.82) is 0 Å². The molecule has 25 heavy (non-hydrogen) atoms. The number of nitrogens with two attached hydrogens (primary N) is 1. The summed E-state index contributed by atoms with van der Waals surface area (Å²) in [5, 5.41) is 0. The van der Waals surface area contributed by atoms with Crippen LogP contribution in [-0.2, 0) is 9.53 Å². The van der Waals surface area contributed by atoms with Crippen molar-refractivity contribution < 1.29 is 19.0 Å². The van der Waals surface area contributed by atoms with Crippen LogP contribution < -0.4 is 20.1 Å². The molecule has 2 rings (SSSR count). The fraction of sp³-hybridized carbons (Fsp3) is 0.611. The standard InChI is InChI=1S/C18H28N2O4.ClH/c1-22-10-9-20(18(21)11-13-5-4-6-15(13)19)14-7-8-16(23-2)17(12-14)24-3;/h7-8,12-13,15H,4-6,9-11,19H2,1-3H3;1H/t13-,15+;/m0./s1. The van der Waals surface area contributed by atoms with E-state index in [-0.39, 0.29) is 30.3 Å². The number of nitrogens with zero attached hydrogens (tertiary/aromatic N) is 1. The minimum atomic E-state index is 0. The van der Waals surface area contributed by atoms with Crippen molar-refractivity contribution in [2.24, 2.45) is 11.7 Å². The highest BCUT2D eigenvalue weighted by Gasteiger charge is 2.28. The van der Waals surface area contributed by atoms with Crippen molar-refractivity contribution in [2.45, 2.75) is 31.7 Å². The molecule has 0 spiro atoms. The molecular formula is C18H29ClN2O4. The van der Waals surface area contributed by atoms with Crippen LogP contribution in [0.25, 0.3) is 0 Å². The first-order valence-electron chi connectivity index (χ1n) is 8.37. The zero-order chi connectivity index (χ0) is 17.5. The molecule has 1 aliphatic rings. The molecule has 1 amide bonds. The van der Waals surface area contributed by atoms with Gasteiger partial charge in [-0.05, 0) is 30.9 Å². The molecule has 1 aromatic carbocycles. The smallest absolute Gasteiger partial charge is 0.227 e. The van der Waals surface area contributed by atoms with Crippen molar-refractivity contribution in [2.75, 3.05) is 39.4 Å². The lowest BCUT2D eigenvalue weighted by molar-refractivity contribution is -0.119. The van der Waals surface area contributed by atoms with Gasteiger partial charge in [0.15, 0.2) is 11.5 Å². The maximum atomic E-state index is 12.8. The Hall–Kier alpha value is -1.50. The summed E-state index contributed by atoms with van der Waals surface area (Å²) in [5.74, 6) is 1.57. The number of ether oxygens (including phenoxy) is 3.